The Bertz CT molecular complexity index is 239. The molecule has 1 heteroatoms. The van der Waals surface area contributed by atoms with E-state index >= 15 is 0 Å². The Hall–Kier alpha value is -0.920. The van der Waals surface area contributed by atoms with Crippen molar-refractivity contribution in [2.24, 2.45) is 0 Å². The molecular formula is C14H23N. The average molecular weight is 205 g/mol. The molecule has 0 aromatic rings. The zero-order valence-electron chi connectivity index (χ0n) is 10.5. The summed E-state index contributed by atoms with van der Waals surface area (Å²) in [6, 6.07) is 1.12. The lowest BCUT2D eigenvalue weighted by molar-refractivity contribution is 0.200. The van der Waals surface area contributed by atoms with Crippen molar-refractivity contribution in [3.05, 3.63) is 0 Å². The molecule has 0 rings (SSSR count). The molecule has 0 amide bonds. The van der Waals surface area contributed by atoms with E-state index in [9.17, 15) is 0 Å². The van der Waals surface area contributed by atoms with E-state index in [1.807, 2.05) is 0 Å². The lowest BCUT2D eigenvalue weighted by atomic mass is 10.2. The molecule has 0 aliphatic rings. The maximum absolute atomic E-state index is 5.16. The van der Waals surface area contributed by atoms with Gasteiger partial charge < -0.3 is 0 Å². The van der Waals surface area contributed by atoms with Gasteiger partial charge in [-0.05, 0) is 34.1 Å². The molecule has 0 aliphatic heterocycles. The van der Waals surface area contributed by atoms with Crippen molar-refractivity contribution < 1.29 is 0 Å². The summed E-state index contributed by atoms with van der Waals surface area (Å²) in [6.07, 6.45) is 7.95. The summed E-state index contributed by atoms with van der Waals surface area (Å²) in [5, 5.41) is 0. The van der Waals surface area contributed by atoms with Crippen molar-refractivity contribution in [3.8, 4) is 24.2 Å². The zero-order chi connectivity index (χ0) is 11.7. The smallest absolute Gasteiger partial charge is 0.0606 e. The minimum absolute atomic E-state index is 0.560. The SMILES string of the molecule is C#CCCCC#CCN(C(C)C)C(C)C. The van der Waals surface area contributed by atoms with Crippen LogP contribution in [0.5, 0.6) is 0 Å². The van der Waals surface area contributed by atoms with Crippen LogP contribution in [0.2, 0.25) is 0 Å². The molecule has 0 aromatic carbocycles. The van der Waals surface area contributed by atoms with Gasteiger partial charge in [0.25, 0.3) is 0 Å². The highest BCUT2D eigenvalue weighted by molar-refractivity contribution is 5.02. The fraction of sp³-hybridized carbons (Fsp3) is 0.714. The number of nitrogens with zero attached hydrogens (tertiary/aromatic N) is 1. The predicted molar refractivity (Wildman–Crippen MR) is 67.4 cm³/mol. The van der Waals surface area contributed by atoms with Gasteiger partial charge in [-0.1, -0.05) is 5.92 Å². The molecule has 0 aromatic heterocycles. The second-order valence-corrected chi connectivity index (χ2v) is 4.27. The highest BCUT2D eigenvalue weighted by Gasteiger charge is 2.10. The molecule has 0 aliphatic carbocycles. The minimum atomic E-state index is 0.560. The first-order valence-electron chi connectivity index (χ1n) is 5.74. The van der Waals surface area contributed by atoms with Gasteiger partial charge in [-0.3, -0.25) is 4.90 Å². The lowest BCUT2D eigenvalue weighted by Crippen LogP contribution is -2.37. The third-order valence-corrected chi connectivity index (χ3v) is 2.34. The van der Waals surface area contributed by atoms with Crippen LogP contribution in [0.1, 0.15) is 47.0 Å². The first kappa shape index (κ1) is 14.1. The van der Waals surface area contributed by atoms with Crippen LogP contribution >= 0.6 is 0 Å². The number of hydrogen-bond donors (Lipinski definition) is 0. The Labute approximate surface area is 95.2 Å². The Morgan fingerprint density at radius 1 is 1.00 bits per heavy atom. The second-order valence-electron chi connectivity index (χ2n) is 4.27. The fourth-order valence-corrected chi connectivity index (χ4v) is 1.48. The van der Waals surface area contributed by atoms with Crippen molar-refractivity contribution in [3.63, 3.8) is 0 Å². The third kappa shape index (κ3) is 7.06. The van der Waals surface area contributed by atoms with E-state index in [-0.39, 0.29) is 0 Å². The Kier molecular flexibility index (Phi) is 7.88. The van der Waals surface area contributed by atoms with E-state index in [2.05, 4.69) is 50.4 Å². The van der Waals surface area contributed by atoms with Gasteiger partial charge in [-0.25, -0.2) is 0 Å². The van der Waals surface area contributed by atoms with Gasteiger partial charge in [0.1, 0.15) is 0 Å². The minimum Gasteiger partial charge on any atom is -0.287 e. The van der Waals surface area contributed by atoms with E-state index in [1.54, 1.807) is 0 Å². The Balaban J connectivity index is 3.84. The zero-order valence-corrected chi connectivity index (χ0v) is 10.5. The van der Waals surface area contributed by atoms with E-state index < -0.39 is 0 Å². The molecule has 0 heterocycles. The molecule has 1 nitrogen and oxygen atoms in total. The molecule has 0 saturated carbocycles. The summed E-state index contributed by atoms with van der Waals surface area (Å²) < 4.78 is 0. The van der Waals surface area contributed by atoms with Gasteiger partial charge in [0, 0.05) is 24.9 Å². The van der Waals surface area contributed by atoms with Crippen molar-refractivity contribution in [1.82, 2.24) is 4.90 Å². The normalized spacial score (nSPS) is 10.3. The Morgan fingerprint density at radius 2 is 1.60 bits per heavy atom. The molecule has 0 unspecified atom stereocenters. The highest BCUT2D eigenvalue weighted by Crippen LogP contribution is 2.03. The van der Waals surface area contributed by atoms with Crippen molar-refractivity contribution in [2.75, 3.05) is 6.54 Å². The van der Waals surface area contributed by atoms with Gasteiger partial charge in [0.2, 0.25) is 0 Å². The van der Waals surface area contributed by atoms with Crippen LogP contribution in [-0.4, -0.2) is 23.5 Å². The molecule has 0 N–H and O–H groups in total. The van der Waals surface area contributed by atoms with E-state index in [0.29, 0.717) is 12.1 Å². The Morgan fingerprint density at radius 3 is 2.07 bits per heavy atom. The molecule has 0 spiro atoms. The molecule has 15 heavy (non-hydrogen) atoms. The summed E-state index contributed by atoms with van der Waals surface area (Å²) in [5.41, 5.74) is 0. The second kappa shape index (κ2) is 8.39. The van der Waals surface area contributed by atoms with Crippen LogP contribution < -0.4 is 0 Å². The van der Waals surface area contributed by atoms with Crippen molar-refractivity contribution in [1.29, 1.82) is 0 Å². The summed E-state index contributed by atoms with van der Waals surface area (Å²) in [5.74, 6) is 9.01. The summed E-state index contributed by atoms with van der Waals surface area (Å²) in [7, 11) is 0. The molecule has 0 atom stereocenters. The standard InChI is InChI=1S/C14H23N/c1-6-7-8-9-10-11-12-15(13(2)3)14(4)5/h1,13-14H,7-9,12H2,2-5H3. The third-order valence-electron chi connectivity index (χ3n) is 2.34. The highest BCUT2D eigenvalue weighted by atomic mass is 15.2. The summed E-state index contributed by atoms with van der Waals surface area (Å²) in [4.78, 5) is 2.38. The van der Waals surface area contributed by atoms with Gasteiger partial charge in [-0.15, -0.1) is 18.3 Å². The largest absolute Gasteiger partial charge is 0.287 e. The van der Waals surface area contributed by atoms with Crippen LogP contribution in [0.3, 0.4) is 0 Å². The first-order chi connectivity index (χ1) is 7.09. The molecular weight excluding hydrogens is 182 g/mol. The van der Waals surface area contributed by atoms with Gasteiger partial charge in [0.05, 0.1) is 6.54 Å². The van der Waals surface area contributed by atoms with Gasteiger partial charge >= 0.3 is 0 Å². The quantitative estimate of drug-likeness (QED) is 0.493. The van der Waals surface area contributed by atoms with Crippen molar-refractivity contribution >= 4 is 0 Å². The predicted octanol–water partition coefficient (Wildman–Crippen LogP) is 2.91. The van der Waals surface area contributed by atoms with E-state index in [0.717, 1.165) is 25.8 Å². The fourth-order valence-electron chi connectivity index (χ4n) is 1.48. The summed E-state index contributed by atoms with van der Waals surface area (Å²) in [6.45, 7) is 9.70. The van der Waals surface area contributed by atoms with Gasteiger partial charge in [0.15, 0.2) is 0 Å². The number of rotatable bonds is 5. The monoisotopic (exact) mass is 205 g/mol. The molecule has 0 saturated heterocycles. The molecule has 0 bridgehead atoms. The summed E-state index contributed by atoms with van der Waals surface area (Å²) >= 11 is 0. The van der Waals surface area contributed by atoms with Crippen LogP contribution in [0.4, 0.5) is 0 Å². The topological polar surface area (TPSA) is 3.24 Å². The molecule has 0 radical (unpaired) electrons. The van der Waals surface area contributed by atoms with Crippen LogP contribution in [-0.2, 0) is 0 Å². The molecule has 84 valence electrons. The van der Waals surface area contributed by atoms with Crippen molar-refractivity contribution in [2.45, 2.75) is 59.0 Å². The van der Waals surface area contributed by atoms with E-state index in [4.69, 9.17) is 6.42 Å². The van der Waals surface area contributed by atoms with Crippen LogP contribution in [0, 0.1) is 24.2 Å². The molecule has 0 fully saturated rings. The van der Waals surface area contributed by atoms with Crippen LogP contribution in [0.15, 0.2) is 0 Å². The van der Waals surface area contributed by atoms with Crippen LogP contribution in [0.25, 0.3) is 0 Å². The number of terminal acetylenes is 1. The lowest BCUT2D eigenvalue weighted by Gasteiger charge is -2.28. The maximum atomic E-state index is 5.16. The number of hydrogen-bond acceptors (Lipinski definition) is 1. The average Bonchev–Trinajstić information content (AvgIpc) is 2.15. The maximum Gasteiger partial charge on any atom is 0.0606 e. The van der Waals surface area contributed by atoms with Gasteiger partial charge in [-0.2, -0.15) is 0 Å². The van der Waals surface area contributed by atoms with E-state index in [1.165, 1.54) is 0 Å². The number of unbranched alkanes of at least 4 members (excludes halogenated alkanes) is 2. The first-order valence-corrected chi connectivity index (χ1v) is 5.74.